The summed E-state index contributed by atoms with van der Waals surface area (Å²) in [4.78, 5) is 4.83. The molecule has 0 aliphatic heterocycles. The van der Waals surface area contributed by atoms with Gasteiger partial charge < -0.3 is 14.4 Å². The first-order valence-corrected chi connectivity index (χ1v) is 9.23. The van der Waals surface area contributed by atoms with Gasteiger partial charge in [0.2, 0.25) is 0 Å². The fourth-order valence-electron chi connectivity index (χ4n) is 3.79. The summed E-state index contributed by atoms with van der Waals surface area (Å²) in [6.07, 6.45) is 4.00. The molecule has 0 bridgehead atoms. The Kier molecular flexibility index (Phi) is 4.89. The van der Waals surface area contributed by atoms with Crippen molar-refractivity contribution in [3.05, 3.63) is 60.2 Å². The van der Waals surface area contributed by atoms with Gasteiger partial charge in [-0.25, -0.2) is 9.37 Å². The molecule has 3 aromatic rings. The minimum atomic E-state index is -0.743. The number of aliphatic hydroxyl groups is 1. The van der Waals surface area contributed by atoms with Crippen molar-refractivity contribution in [2.45, 2.75) is 44.2 Å². The molecule has 26 heavy (non-hydrogen) atoms. The van der Waals surface area contributed by atoms with Gasteiger partial charge in [0, 0.05) is 5.92 Å². The summed E-state index contributed by atoms with van der Waals surface area (Å²) < 4.78 is 21.3. The third kappa shape index (κ3) is 3.44. The normalized spacial score (nSPS) is 16.2. The number of para-hydroxylation sites is 3. The molecule has 1 aromatic heterocycles. The van der Waals surface area contributed by atoms with Crippen molar-refractivity contribution in [1.29, 1.82) is 0 Å². The molecule has 1 heterocycles. The highest BCUT2D eigenvalue weighted by Gasteiger charge is 2.24. The summed E-state index contributed by atoms with van der Waals surface area (Å²) in [5.74, 6) is 1.24. The molecular formula is C21H23FN2O2. The highest BCUT2D eigenvalue weighted by molar-refractivity contribution is 5.76. The molecule has 1 unspecified atom stereocenters. The number of hydrogen-bond donors (Lipinski definition) is 1. The molecule has 5 heteroatoms. The van der Waals surface area contributed by atoms with Crippen molar-refractivity contribution in [2.24, 2.45) is 0 Å². The predicted molar refractivity (Wildman–Crippen MR) is 98.8 cm³/mol. The van der Waals surface area contributed by atoms with E-state index in [1.54, 1.807) is 18.2 Å². The van der Waals surface area contributed by atoms with Crippen LogP contribution in [0.15, 0.2) is 48.5 Å². The van der Waals surface area contributed by atoms with Gasteiger partial charge in [-0.15, -0.1) is 0 Å². The smallest absolute Gasteiger partial charge is 0.165 e. The van der Waals surface area contributed by atoms with Gasteiger partial charge in [0.15, 0.2) is 11.6 Å². The number of halogens is 1. The third-order valence-corrected chi connectivity index (χ3v) is 5.07. The summed E-state index contributed by atoms with van der Waals surface area (Å²) in [6, 6.07) is 14.3. The average molecular weight is 354 g/mol. The lowest BCUT2D eigenvalue weighted by Crippen LogP contribution is -2.25. The Morgan fingerprint density at radius 3 is 2.65 bits per heavy atom. The van der Waals surface area contributed by atoms with Gasteiger partial charge in [-0.05, 0) is 37.1 Å². The number of hydrogen-bond acceptors (Lipinski definition) is 3. The Labute approximate surface area is 152 Å². The third-order valence-electron chi connectivity index (χ3n) is 5.07. The van der Waals surface area contributed by atoms with Crippen molar-refractivity contribution in [3.63, 3.8) is 0 Å². The molecule has 0 saturated heterocycles. The number of rotatable bonds is 6. The van der Waals surface area contributed by atoms with Crippen LogP contribution in [0, 0.1) is 5.82 Å². The SMILES string of the molecule is OC(COc1ccccc1F)Cn1c(C2CCCC2)nc2ccccc21. The summed E-state index contributed by atoms with van der Waals surface area (Å²) in [5, 5.41) is 10.5. The number of ether oxygens (including phenoxy) is 1. The van der Waals surface area contributed by atoms with Gasteiger partial charge in [-0.1, -0.05) is 37.1 Å². The molecule has 0 amide bonds. The van der Waals surface area contributed by atoms with E-state index < -0.39 is 11.9 Å². The van der Waals surface area contributed by atoms with E-state index in [1.807, 2.05) is 24.3 Å². The van der Waals surface area contributed by atoms with Crippen LogP contribution in [0.2, 0.25) is 0 Å². The quantitative estimate of drug-likeness (QED) is 0.719. The van der Waals surface area contributed by atoms with Crippen molar-refractivity contribution in [2.75, 3.05) is 6.61 Å². The van der Waals surface area contributed by atoms with Gasteiger partial charge in [0.25, 0.3) is 0 Å². The number of imidazole rings is 1. The zero-order valence-corrected chi connectivity index (χ0v) is 14.6. The molecule has 0 spiro atoms. The Morgan fingerprint density at radius 1 is 1.12 bits per heavy atom. The van der Waals surface area contributed by atoms with Crippen LogP contribution < -0.4 is 4.74 Å². The molecule has 1 aliphatic carbocycles. The summed E-state index contributed by atoms with van der Waals surface area (Å²) in [5.41, 5.74) is 1.98. The van der Waals surface area contributed by atoms with Crippen LogP contribution in [0.1, 0.15) is 37.4 Å². The van der Waals surface area contributed by atoms with Gasteiger partial charge in [0.1, 0.15) is 18.5 Å². The predicted octanol–water partition coefficient (Wildman–Crippen LogP) is 4.27. The van der Waals surface area contributed by atoms with Crippen LogP contribution >= 0.6 is 0 Å². The van der Waals surface area contributed by atoms with Crippen molar-refractivity contribution in [1.82, 2.24) is 9.55 Å². The van der Waals surface area contributed by atoms with E-state index in [9.17, 15) is 9.50 Å². The van der Waals surface area contributed by atoms with Crippen LogP contribution in [-0.4, -0.2) is 27.4 Å². The molecule has 4 rings (SSSR count). The standard InChI is InChI=1S/C21H23FN2O2/c22-17-9-3-6-12-20(17)26-14-16(25)13-24-19-11-5-4-10-18(19)23-21(24)15-7-1-2-8-15/h3-6,9-12,15-16,25H,1-2,7-8,13-14H2. The number of nitrogens with zero attached hydrogens (tertiary/aromatic N) is 2. The molecule has 1 saturated carbocycles. The molecule has 1 fully saturated rings. The molecule has 4 nitrogen and oxygen atoms in total. The van der Waals surface area contributed by atoms with Gasteiger partial charge in [-0.2, -0.15) is 0 Å². The second-order valence-corrected chi connectivity index (χ2v) is 6.95. The average Bonchev–Trinajstić information content (AvgIpc) is 3.29. The maximum Gasteiger partial charge on any atom is 0.165 e. The Hall–Kier alpha value is -2.40. The molecule has 1 aliphatic rings. The number of aromatic nitrogens is 2. The fraction of sp³-hybridized carbons (Fsp3) is 0.381. The fourth-order valence-corrected chi connectivity index (χ4v) is 3.79. The molecule has 136 valence electrons. The topological polar surface area (TPSA) is 47.3 Å². The minimum absolute atomic E-state index is 0.0392. The van der Waals surface area contributed by atoms with Gasteiger partial charge in [-0.3, -0.25) is 0 Å². The monoisotopic (exact) mass is 354 g/mol. The zero-order valence-electron chi connectivity index (χ0n) is 14.6. The van der Waals surface area contributed by atoms with Crippen LogP contribution in [0.25, 0.3) is 11.0 Å². The highest BCUT2D eigenvalue weighted by atomic mass is 19.1. The largest absolute Gasteiger partial charge is 0.488 e. The number of benzene rings is 2. The van der Waals surface area contributed by atoms with Crippen LogP contribution in [0.5, 0.6) is 5.75 Å². The van der Waals surface area contributed by atoms with Gasteiger partial charge >= 0.3 is 0 Å². The minimum Gasteiger partial charge on any atom is -0.488 e. The summed E-state index contributed by atoms with van der Waals surface area (Å²) in [7, 11) is 0. The van der Waals surface area contributed by atoms with E-state index in [1.165, 1.54) is 18.9 Å². The Bertz CT molecular complexity index is 887. The van der Waals surface area contributed by atoms with Crippen molar-refractivity contribution < 1.29 is 14.2 Å². The highest BCUT2D eigenvalue weighted by Crippen LogP contribution is 2.35. The van der Waals surface area contributed by atoms with Crippen LogP contribution in [0.4, 0.5) is 4.39 Å². The van der Waals surface area contributed by atoms with Crippen molar-refractivity contribution >= 4 is 11.0 Å². The number of fused-ring (bicyclic) bond motifs is 1. The Balaban J connectivity index is 1.53. The van der Waals surface area contributed by atoms with E-state index in [0.29, 0.717) is 12.5 Å². The first-order chi connectivity index (χ1) is 12.7. The first-order valence-electron chi connectivity index (χ1n) is 9.23. The van der Waals surface area contributed by atoms with Crippen molar-refractivity contribution in [3.8, 4) is 5.75 Å². The molecule has 1 atom stereocenters. The van der Waals surface area contributed by atoms with Gasteiger partial charge in [0.05, 0.1) is 17.6 Å². The van der Waals surface area contributed by atoms with E-state index in [4.69, 9.17) is 9.72 Å². The first kappa shape index (κ1) is 17.0. The summed E-state index contributed by atoms with van der Waals surface area (Å²) in [6.45, 7) is 0.429. The van der Waals surface area contributed by atoms with E-state index in [0.717, 1.165) is 29.7 Å². The lowest BCUT2D eigenvalue weighted by molar-refractivity contribution is 0.0904. The summed E-state index contributed by atoms with van der Waals surface area (Å²) >= 11 is 0. The van der Waals surface area contributed by atoms with E-state index in [-0.39, 0.29) is 12.4 Å². The second kappa shape index (κ2) is 7.46. The Morgan fingerprint density at radius 2 is 1.85 bits per heavy atom. The lowest BCUT2D eigenvalue weighted by atomic mass is 10.1. The molecule has 0 radical (unpaired) electrons. The van der Waals surface area contributed by atoms with Crippen LogP contribution in [0.3, 0.4) is 0 Å². The molecular weight excluding hydrogens is 331 g/mol. The lowest BCUT2D eigenvalue weighted by Gasteiger charge is -2.18. The number of aliphatic hydroxyl groups excluding tert-OH is 1. The van der Waals surface area contributed by atoms with Crippen LogP contribution in [-0.2, 0) is 6.54 Å². The van der Waals surface area contributed by atoms with E-state index >= 15 is 0 Å². The molecule has 2 aromatic carbocycles. The zero-order chi connectivity index (χ0) is 17.9. The maximum absolute atomic E-state index is 13.7. The maximum atomic E-state index is 13.7. The van der Waals surface area contributed by atoms with E-state index in [2.05, 4.69) is 4.57 Å². The second-order valence-electron chi connectivity index (χ2n) is 6.95. The molecule has 1 N–H and O–H groups in total.